The highest BCUT2D eigenvalue weighted by molar-refractivity contribution is 6.35. The molecule has 5 heterocycles. The van der Waals surface area contributed by atoms with E-state index in [1.54, 1.807) is 71.9 Å². The lowest BCUT2D eigenvalue weighted by Crippen LogP contribution is -2.53. The Morgan fingerprint density at radius 3 is 1.60 bits per heavy atom. The molecule has 4 aromatic carbocycles. The van der Waals surface area contributed by atoms with Gasteiger partial charge in [0.15, 0.2) is 23.3 Å². The molecule has 2 aliphatic heterocycles. The number of nitrogens with two attached hydrogens (primary N) is 1. The Morgan fingerprint density at radius 1 is 0.682 bits per heavy atom. The molecule has 88 heavy (non-hydrogen) atoms. The lowest BCUT2D eigenvalue weighted by atomic mass is 9.92. The average molecular weight is 1310 g/mol. The van der Waals surface area contributed by atoms with Crippen LogP contribution in [0.3, 0.4) is 0 Å². The number of amides is 3. The topological polar surface area (TPSA) is 197 Å². The van der Waals surface area contributed by atoms with Gasteiger partial charge in [-0.1, -0.05) is 58.5 Å². The standard InChI is InChI=1S/C29H31Cl2F4N5O4.C29H29Cl2F4N5O3.B/c1-28(2,3)44-27(43)38-9-8-17(29(34,35)15-38)12-40-19(10-16-4-5-18(30)11-20(16)31)13-39(26(40)42)14-23(41)37-25-22(36)7-6-21(32)24(25)33;1-28(2,3)43-27(42)38-9-8-17(29(34,35)15-38)12-40-19(10-16-4-5-18(30)11-20(16)31)13-39(26(40)41)14-23-36-22-7-6-21(32)24(33)25(22)37-23;/h4-7,11,13,17H,8-10,12,14-15,36H2,1-3H3,(H,37,41);4-7,11,13,17H,8-10,12,14-15H2,1-3H3,(H,36,37);. The van der Waals surface area contributed by atoms with Crippen molar-refractivity contribution in [2.24, 2.45) is 11.8 Å². The molecule has 0 bridgehead atoms. The van der Waals surface area contributed by atoms with Crippen molar-refractivity contribution >= 4 is 95.3 Å². The van der Waals surface area contributed by atoms with Crippen molar-refractivity contribution in [3.05, 3.63) is 166 Å². The van der Waals surface area contributed by atoms with Crippen LogP contribution < -0.4 is 22.4 Å². The van der Waals surface area contributed by atoms with Crippen LogP contribution in [0, 0.1) is 35.1 Å². The second kappa shape index (κ2) is 26.9. The van der Waals surface area contributed by atoms with Gasteiger partial charge in [-0.3, -0.25) is 23.1 Å². The highest BCUT2D eigenvalue weighted by atomic mass is 35.5. The van der Waals surface area contributed by atoms with Crippen LogP contribution in [0.5, 0.6) is 0 Å². The van der Waals surface area contributed by atoms with Gasteiger partial charge in [-0.15, -0.1) is 0 Å². The maximum Gasteiger partial charge on any atom is 0.410 e. The zero-order valence-electron chi connectivity index (χ0n) is 48.2. The molecule has 2 fully saturated rings. The van der Waals surface area contributed by atoms with E-state index in [-0.39, 0.29) is 93.5 Å². The predicted octanol–water partition coefficient (Wildman–Crippen LogP) is 12.2. The lowest BCUT2D eigenvalue weighted by Gasteiger charge is -2.39. The molecule has 2 saturated heterocycles. The molecule has 2 unspecified atom stereocenters. The minimum Gasteiger partial charge on any atom is -0.444 e. The van der Waals surface area contributed by atoms with E-state index in [4.69, 9.17) is 61.6 Å². The van der Waals surface area contributed by atoms with Gasteiger partial charge in [0.25, 0.3) is 11.8 Å². The number of nitrogens with one attached hydrogen (secondary N) is 2. The van der Waals surface area contributed by atoms with Gasteiger partial charge in [0.1, 0.15) is 34.8 Å². The van der Waals surface area contributed by atoms with Crippen molar-refractivity contribution in [2.45, 2.75) is 116 Å². The Kier molecular flexibility index (Phi) is 20.9. The molecule has 3 amide bonds. The fourth-order valence-electron chi connectivity index (χ4n) is 9.94. The second-order valence-corrected chi connectivity index (χ2v) is 24.9. The van der Waals surface area contributed by atoms with Crippen LogP contribution in [0.1, 0.15) is 82.7 Å². The van der Waals surface area contributed by atoms with E-state index < -0.39 is 119 Å². The number of rotatable bonds is 13. The van der Waals surface area contributed by atoms with Gasteiger partial charge in [0.05, 0.1) is 30.8 Å². The summed E-state index contributed by atoms with van der Waals surface area (Å²) in [6.45, 7) is 6.54. The maximum atomic E-state index is 15.5. The molecule has 3 aromatic heterocycles. The number of benzene rings is 4. The predicted molar refractivity (Wildman–Crippen MR) is 318 cm³/mol. The number of fused-ring (bicyclic) bond motifs is 1. The van der Waals surface area contributed by atoms with E-state index in [2.05, 4.69) is 15.3 Å². The number of ether oxygens (including phenoxy) is 2. The number of aromatic nitrogens is 6. The summed E-state index contributed by atoms with van der Waals surface area (Å²) in [5.41, 5.74) is 3.58. The molecule has 471 valence electrons. The first kappa shape index (κ1) is 68.3. The van der Waals surface area contributed by atoms with Crippen LogP contribution in [0.2, 0.25) is 20.1 Å². The maximum absolute atomic E-state index is 15.5. The molecular formula is C58H60BCl4F8N10O7. The molecule has 17 nitrogen and oxygen atoms in total. The zero-order valence-corrected chi connectivity index (χ0v) is 51.3. The molecule has 0 aliphatic carbocycles. The smallest absolute Gasteiger partial charge is 0.410 e. The third kappa shape index (κ3) is 16.4. The number of nitrogen functional groups attached to an aromatic ring is 1. The van der Waals surface area contributed by atoms with Gasteiger partial charge >= 0.3 is 23.6 Å². The van der Waals surface area contributed by atoms with Crippen LogP contribution in [-0.2, 0) is 53.3 Å². The fourth-order valence-corrected chi connectivity index (χ4v) is 10.9. The highest BCUT2D eigenvalue weighted by Crippen LogP contribution is 2.37. The van der Waals surface area contributed by atoms with Crippen molar-refractivity contribution in [1.29, 1.82) is 0 Å². The number of halogens is 12. The SMILES string of the molecule is CC(C)(C)OC(=O)N1CCC(Cn2c(Cc3ccc(Cl)cc3Cl)cn(CC(=O)Nc3c(N)ccc(F)c3F)c2=O)C(F)(F)C1.CC(C)(C)OC(=O)N1CCC(Cn2c(Cc3ccc(Cl)cc3Cl)cn(Cc3nc4c(F)c(F)ccc4[nH]3)c2=O)C(F)(F)C1.[B]. The van der Waals surface area contributed by atoms with Gasteiger partial charge in [-0.2, -0.15) is 0 Å². The Balaban J connectivity index is 0.000000248. The van der Waals surface area contributed by atoms with Gasteiger partial charge in [0.2, 0.25) is 5.91 Å². The van der Waals surface area contributed by atoms with Crippen LogP contribution >= 0.6 is 46.4 Å². The van der Waals surface area contributed by atoms with Gasteiger partial charge < -0.3 is 35.3 Å². The normalized spacial score (nSPS) is 16.6. The molecule has 0 spiro atoms. The van der Waals surface area contributed by atoms with Crippen LogP contribution in [0.25, 0.3) is 11.0 Å². The first-order valence-electron chi connectivity index (χ1n) is 27.1. The second-order valence-electron chi connectivity index (χ2n) is 23.2. The Labute approximate surface area is 521 Å². The summed E-state index contributed by atoms with van der Waals surface area (Å²) < 4.78 is 133. The third-order valence-corrected chi connectivity index (χ3v) is 15.4. The average Bonchev–Trinajstić information content (AvgIpc) is 2.05. The number of imidazole rings is 3. The number of hydrogen-bond acceptors (Lipinski definition) is 9. The monoisotopic (exact) mass is 1310 g/mol. The minimum atomic E-state index is -3.38. The molecule has 4 N–H and O–H groups in total. The van der Waals surface area contributed by atoms with Crippen LogP contribution in [0.15, 0.2) is 82.6 Å². The van der Waals surface area contributed by atoms with E-state index >= 15 is 17.6 Å². The van der Waals surface area contributed by atoms with Crippen molar-refractivity contribution in [2.75, 3.05) is 37.2 Å². The number of aromatic amines is 1. The minimum absolute atomic E-state index is 0. The summed E-state index contributed by atoms with van der Waals surface area (Å²) in [5, 5.41) is 3.55. The summed E-state index contributed by atoms with van der Waals surface area (Å²) in [5.74, 6) is -14.8. The van der Waals surface area contributed by atoms with Crippen LogP contribution in [0.4, 0.5) is 56.1 Å². The van der Waals surface area contributed by atoms with E-state index in [0.29, 0.717) is 31.9 Å². The van der Waals surface area contributed by atoms with E-state index in [9.17, 15) is 41.5 Å². The fraction of sp³-hybridized carbons (Fsp3) is 0.414. The number of nitrogens with zero attached hydrogens (tertiary/aromatic N) is 7. The van der Waals surface area contributed by atoms with Crippen molar-refractivity contribution in [1.82, 2.24) is 38.0 Å². The van der Waals surface area contributed by atoms with Crippen LogP contribution in [-0.4, -0.2) is 114 Å². The largest absolute Gasteiger partial charge is 0.444 e. The van der Waals surface area contributed by atoms with Crippen molar-refractivity contribution in [3.63, 3.8) is 0 Å². The summed E-state index contributed by atoms with van der Waals surface area (Å²) in [4.78, 5) is 73.7. The Bertz CT molecular complexity index is 3880. The lowest BCUT2D eigenvalue weighted by molar-refractivity contribution is -0.117. The third-order valence-electron chi connectivity index (χ3n) is 14.3. The molecule has 2 aliphatic rings. The zero-order chi connectivity index (χ0) is 63.8. The van der Waals surface area contributed by atoms with E-state index in [1.165, 1.54) is 33.7 Å². The number of H-pyrrole nitrogens is 1. The molecular weight excluding hydrogens is 1250 g/mol. The van der Waals surface area contributed by atoms with Gasteiger partial charge in [0, 0.05) is 103 Å². The first-order valence-corrected chi connectivity index (χ1v) is 28.6. The van der Waals surface area contributed by atoms with Gasteiger partial charge in [-0.05, 0) is 114 Å². The van der Waals surface area contributed by atoms with Crippen molar-refractivity contribution < 1.29 is 59.0 Å². The Morgan fingerprint density at radius 2 is 1.14 bits per heavy atom. The molecule has 30 heteroatoms. The number of anilines is 2. The molecule has 9 rings (SSSR count). The molecule has 2 atom stereocenters. The highest BCUT2D eigenvalue weighted by Gasteiger charge is 2.48. The Hall–Kier alpha value is -7.16. The summed E-state index contributed by atoms with van der Waals surface area (Å²) in [7, 11) is 0. The van der Waals surface area contributed by atoms with E-state index in [1.807, 2.05) is 0 Å². The number of hydrogen-bond donors (Lipinski definition) is 3. The summed E-state index contributed by atoms with van der Waals surface area (Å²) >= 11 is 24.7. The number of carbonyl (C=O) groups excluding carboxylic acids is 3. The summed E-state index contributed by atoms with van der Waals surface area (Å²) in [6.07, 6.45) is 1.07. The first-order chi connectivity index (χ1) is 40.6. The molecule has 3 radical (unpaired) electrons. The molecule has 7 aromatic rings. The number of carbonyl (C=O) groups is 3. The summed E-state index contributed by atoms with van der Waals surface area (Å²) in [6, 6.07) is 13.7. The number of alkyl halides is 4. The van der Waals surface area contributed by atoms with E-state index in [0.717, 1.165) is 37.1 Å². The van der Waals surface area contributed by atoms with Gasteiger partial charge in [-0.25, -0.2) is 59.3 Å². The number of piperidine rings is 2. The molecule has 0 saturated carbocycles. The quantitative estimate of drug-likeness (QED) is 0.0571. The van der Waals surface area contributed by atoms with Crippen molar-refractivity contribution in [3.8, 4) is 0 Å². The number of likely N-dealkylation sites (tertiary alicyclic amines) is 2.